The summed E-state index contributed by atoms with van der Waals surface area (Å²) in [4.78, 5) is 12.9. The predicted molar refractivity (Wildman–Crippen MR) is 117 cm³/mol. The van der Waals surface area contributed by atoms with Crippen molar-refractivity contribution in [2.75, 3.05) is 18.4 Å². The van der Waals surface area contributed by atoms with Gasteiger partial charge in [0.2, 0.25) is 10.0 Å². The first-order chi connectivity index (χ1) is 14.9. The number of anilines is 1. The van der Waals surface area contributed by atoms with Crippen LogP contribution in [0, 0.1) is 0 Å². The molecule has 7 nitrogen and oxygen atoms in total. The average Bonchev–Trinajstić information content (AvgIpc) is 3.31. The van der Waals surface area contributed by atoms with Crippen molar-refractivity contribution in [2.24, 2.45) is 0 Å². The Morgan fingerprint density at radius 1 is 1.13 bits per heavy atom. The van der Waals surface area contributed by atoms with Crippen molar-refractivity contribution in [3.05, 3.63) is 53.6 Å². The van der Waals surface area contributed by atoms with Crippen molar-refractivity contribution in [1.82, 2.24) is 4.31 Å². The van der Waals surface area contributed by atoms with Crippen LogP contribution in [-0.2, 0) is 21.2 Å². The Hall–Kier alpha value is -2.42. The molecule has 1 fully saturated rings. The number of nitrogens with one attached hydrogen (secondary N) is 1. The van der Waals surface area contributed by atoms with Crippen molar-refractivity contribution in [1.29, 1.82) is 0 Å². The summed E-state index contributed by atoms with van der Waals surface area (Å²) in [5.41, 5.74) is 2.33. The third-order valence-corrected chi connectivity index (χ3v) is 7.84. The first kappa shape index (κ1) is 21.8. The summed E-state index contributed by atoms with van der Waals surface area (Å²) in [7, 11) is -3.48. The molecule has 0 spiro atoms. The van der Waals surface area contributed by atoms with Gasteiger partial charge in [-0.25, -0.2) is 8.42 Å². The number of amides is 1. The predicted octanol–water partition coefficient (Wildman–Crippen LogP) is 3.25. The second-order valence-electron chi connectivity index (χ2n) is 8.12. The summed E-state index contributed by atoms with van der Waals surface area (Å²) < 4.78 is 32.7. The van der Waals surface area contributed by atoms with Crippen molar-refractivity contribution in [3.63, 3.8) is 0 Å². The minimum Gasteiger partial charge on any atom is -0.481 e. The molecule has 8 heteroatoms. The Labute approximate surface area is 183 Å². The van der Waals surface area contributed by atoms with Crippen molar-refractivity contribution >= 4 is 21.6 Å². The molecule has 0 unspecified atom stereocenters. The van der Waals surface area contributed by atoms with E-state index in [4.69, 9.17) is 4.74 Å². The molecule has 1 aliphatic heterocycles. The Bertz CT molecular complexity index is 1050. The number of aliphatic hydroxyl groups excluding tert-OH is 1. The van der Waals surface area contributed by atoms with Gasteiger partial charge < -0.3 is 15.2 Å². The van der Waals surface area contributed by atoms with Gasteiger partial charge in [-0.1, -0.05) is 12.1 Å². The molecule has 31 heavy (non-hydrogen) atoms. The summed E-state index contributed by atoms with van der Waals surface area (Å²) in [6.45, 7) is 2.77. The molecule has 1 saturated heterocycles. The highest BCUT2D eigenvalue weighted by Gasteiger charge is 2.27. The summed E-state index contributed by atoms with van der Waals surface area (Å²) in [6, 6.07) is 11.8. The second-order valence-corrected chi connectivity index (χ2v) is 10.1. The van der Waals surface area contributed by atoms with E-state index in [1.807, 2.05) is 18.2 Å². The fourth-order valence-electron chi connectivity index (χ4n) is 4.18. The van der Waals surface area contributed by atoms with Crippen LogP contribution in [0.4, 0.5) is 5.69 Å². The Morgan fingerprint density at radius 2 is 1.84 bits per heavy atom. The van der Waals surface area contributed by atoms with E-state index in [0.717, 1.165) is 43.2 Å². The largest absolute Gasteiger partial charge is 0.481 e. The molecule has 2 N–H and O–H groups in total. The summed E-state index contributed by atoms with van der Waals surface area (Å²) >= 11 is 0. The lowest BCUT2D eigenvalue weighted by Gasteiger charge is -2.25. The number of hydrogen-bond donors (Lipinski definition) is 2. The normalized spacial score (nSPS) is 20.1. The molecule has 1 aliphatic carbocycles. The van der Waals surface area contributed by atoms with E-state index in [-0.39, 0.29) is 10.8 Å². The average molecular weight is 445 g/mol. The van der Waals surface area contributed by atoms with E-state index in [2.05, 4.69) is 5.32 Å². The summed E-state index contributed by atoms with van der Waals surface area (Å²) in [5.74, 6) is 0.287. The molecule has 4 rings (SSSR count). The fraction of sp³-hybridized carbons (Fsp3) is 0.435. The molecule has 0 bridgehead atoms. The molecular formula is C23H28N2O5S. The van der Waals surface area contributed by atoms with E-state index in [0.29, 0.717) is 24.5 Å². The molecule has 0 saturated carbocycles. The monoisotopic (exact) mass is 444 g/mol. The summed E-state index contributed by atoms with van der Waals surface area (Å²) in [6.07, 6.45) is 2.94. The summed E-state index contributed by atoms with van der Waals surface area (Å²) in [5, 5.41) is 13.0. The van der Waals surface area contributed by atoms with Crippen LogP contribution in [0.2, 0.25) is 0 Å². The lowest BCUT2D eigenvalue weighted by molar-refractivity contribution is -0.122. The fourth-order valence-corrected chi connectivity index (χ4v) is 5.69. The molecular weight excluding hydrogens is 416 g/mol. The zero-order valence-electron chi connectivity index (χ0n) is 17.6. The molecule has 0 radical (unpaired) electrons. The minimum atomic E-state index is -3.48. The number of ether oxygens (including phenoxy) is 1. The molecule has 1 amide bonds. The number of sulfonamides is 1. The van der Waals surface area contributed by atoms with E-state index in [9.17, 15) is 18.3 Å². The number of rotatable bonds is 6. The highest BCUT2D eigenvalue weighted by atomic mass is 32.2. The van der Waals surface area contributed by atoms with Crippen LogP contribution in [0.1, 0.15) is 49.8 Å². The van der Waals surface area contributed by atoms with Crippen LogP contribution in [0.3, 0.4) is 0 Å². The quantitative estimate of drug-likeness (QED) is 0.713. The maximum absolute atomic E-state index is 12.6. The molecule has 2 aliphatic rings. The number of aliphatic hydroxyl groups is 1. The van der Waals surface area contributed by atoms with Crippen LogP contribution in [0.5, 0.6) is 5.75 Å². The highest BCUT2D eigenvalue weighted by Crippen LogP contribution is 2.35. The third-order valence-electron chi connectivity index (χ3n) is 5.93. The maximum atomic E-state index is 12.6. The zero-order valence-corrected chi connectivity index (χ0v) is 18.4. The number of nitrogens with zero attached hydrogens (tertiary/aromatic N) is 1. The van der Waals surface area contributed by atoms with Crippen LogP contribution in [0.25, 0.3) is 0 Å². The number of benzene rings is 2. The lowest BCUT2D eigenvalue weighted by atomic mass is 9.89. The van der Waals surface area contributed by atoms with Crippen molar-refractivity contribution in [3.8, 4) is 5.75 Å². The third kappa shape index (κ3) is 4.61. The van der Waals surface area contributed by atoms with Gasteiger partial charge in [-0.05, 0) is 80.5 Å². The van der Waals surface area contributed by atoms with Crippen LogP contribution >= 0.6 is 0 Å². The number of carbonyl (C=O) groups is 1. The van der Waals surface area contributed by atoms with E-state index in [1.165, 1.54) is 16.4 Å². The number of carbonyl (C=O) groups excluding carboxylic acids is 1. The van der Waals surface area contributed by atoms with E-state index in [1.54, 1.807) is 19.1 Å². The Morgan fingerprint density at radius 3 is 2.55 bits per heavy atom. The van der Waals surface area contributed by atoms with Crippen LogP contribution < -0.4 is 10.1 Å². The number of hydrogen-bond acceptors (Lipinski definition) is 5. The van der Waals surface area contributed by atoms with E-state index >= 15 is 0 Å². The molecule has 0 aromatic heterocycles. The van der Waals surface area contributed by atoms with Gasteiger partial charge in [-0.3, -0.25) is 4.79 Å². The van der Waals surface area contributed by atoms with Gasteiger partial charge in [0.25, 0.3) is 5.91 Å². The van der Waals surface area contributed by atoms with Crippen molar-refractivity contribution < 1.29 is 23.1 Å². The molecule has 166 valence electrons. The van der Waals surface area contributed by atoms with Gasteiger partial charge in [0.05, 0.1) is 11.0 Å². The van der Waals surface area contributed by atoms with Gasteiger partial charge in [-0.15, -0.1) is 0 Å². The minimum absolute atomic E-state index is 0.228. The first-order valence-corrected chi connectivity index (χ1v) is 12.2. The SMILES string of the molecule is C[C@@H](Oc1cccc2c1CCC[C@@H]2O)C(=O)Nc1ccc(S(=O)(=O)N2CCCC2)cc1. The van der Waals surface area contributed by atoms with Crippen LogP contribution in [0.15, 0.2) is 47.4 Å². The zero-order chi connectivity index (χ0) is 22.0. The highest BCUT2D eigenvalue weighted by molar-refractivity contribution is 7.89. The van der Waals surface area contributed by atoms with Gasteiger partial charge in [-0.2, -0.15) is 4.31 Å². The van der Waals surface area contributed by atoms with Gasteiger partial charge >= 0.3 is 0 Å². The molecule has 1 heterocycles. The molecule has 2 aromatic rings. The standard InChI is InChI=1S/C23H28N2O5S/c1-16(30-22-9-5-6-19-20(22)7-4-8-21(19)26)23(27)24-17-10-12-18(13-11-17)31(28,29)25-14-2-3-15-25/h5-6,9-13,16,21,26H,2-4,7-8,14-15H2,1H3,(H,24,27)/t16-,21+/m1/s1. The van der Waals surface area contributed by atoms with Gasteiger partial charge in [0.1, 0.15) is 5.75 Å². The van der Waals surface area contributed by atoms with Gasteiger partial charge in [0.15, 0.2) is 6.10 Å². The van der Waals surface area contributed by atoms with Gasteiger partial charge in [0, 0.05) is 18.8 Å². The lowest BCUT2D eigenvalue weighted by Crippen LogP contribution is -2.31. The maximum Gasteiger partial charge on any atom is 0.265 e. The van der Waals surface area contributed by atoms with E-state index < -0.39 is 22.2 Å². The molecule has 2 atom stereocenters. The first-order valence-electron chi connectivity index (χ1n) is 10.7. The van der Waals surface area contributed by atoms with Crippen molar-refractivity contribution in [2.45, 2.75) is 56.1 Å². The smallest absolute Gasteiger partial charge is 0.265 e. The second kappa shape index (κ2) is 8.98. The Balaban J connectivity index is 1.41. The Kier molecular flexibility index (Phi) is 6.31. The number of fused-ring (bicyclic) bond motifs is 1. The molecule has 2 aromatic carbocycles. The topological polar surface area (TPSA) is 95.9 Å². The van der Waals surface area contributed by atoms with Crippen LogP contribution in [-0.4, -0.2) is 42.9 Å².